The monoisotopic (exact) mass is 349 g/mol. The molecule has 1 aromatic carbocycles. The van der Waals surface area contributed by atoms with Crippen LogP contribution in [0.3, 0.4) is 0 Å². The van der Waals surface area contributed by atoms with Crippen LogP contribution in [0.4, 0.5) is 5.69 Å². The average molecular weight is 351 g/mol. The third kappa shape index (κ3) is 2.89. The summed E-state index contributed by atoms with van der Waals surface area (Å²) < 4.78 is 0. The average Bonchev–Trinajstić information content (AvgIpc) is 2.26. The molecule has 0 fully saturated rings. The Morgan fingerprint density at radius 2 is 2.19 bits per heavy atom. The number of carbonyl (C=O) groups excluding carboxylic acids is 1. The van der Waals surface area contributed by atoms with Gasteiger partial charge < -0.3 is 0 Å². The largest absolute Gasteiger partial charge is 0.293 e. The topological polar surface area (TPSA) is 60.2 Å². The molecule has 0 heterocycles. The van der Waals surface area contributed by atoms with Gasteiger partial charge in [0.15, 0.2) is 5.78 Å². The van der Waals surface area contributed by atoms with Gasteiger partial charge in [-0.1, -0.05) is 31.9 Å². The Kier molecular flexibility index (Phi) is 4.61. The molecule has 0 saturated carbocycles. The van der Waals surface area contributed by atoms with Crippen LogP contribution in [0.5, 0.6) is 0 Å². The molecule has 86 valence electrons. The van der Waals surface area contributed by atoms with E-state index in [1.54, 1.807) is 6.92 Å². The third-order valence-corrected chi connectivity index (χ3v) is 3.09. The molecule has 0 amide bonds. The number of hydrogen-bond donors (Lipinski definition) is 0. The van der Waals surface area contributed by atoms with E-state index in [0.29, 0.717) is 16.5 Å². The number of Topliss-reactive ketones (excluding diaryl/α,β-unsaturated/α-hetero) is 1. The molecule has 6 heteroatoms. The second-order valence-corrected chi connectivity index (χ2v) is 5.15. The number of ketones is 1. The van der Waals surface area contributed by atoms with Crippen LogP contribution in [0.1, 0.15) is 22.8 Å². The van der Waals surface area contributed by atoms with Gasteiger partial charge in [0.25, 0.3) is 5.69 Å². The van der Waals surface area contributed by atoms with E-state index in [0.717, 1.165) is 0 Å². The van der Waals surface area contributed by atoms with Gasteiger partial charge in [-0.2, -0.15) is 0 Å². The molecule has 0 N–H and O–H groups in total. The quantitative estimate of drug-likeness (QED) is 0.361. The normalized spacial score (nSPS) is 12.2. The van der Waals surface area contributed by atoms with Crippen LogP contribution in [0.2, 0.25) is 0 Å². The molecule has 0 aliphatic rings. The van der Waals surface area contributed by atoms with Gasteiger partial charge in [-0.3, -0.25) is 14.9 Å². The van der Waals surface area contributed by atoms with Gasteiger partial charge in [-0.25, -0.2) is 0 Å². The number of halogens is 2. The Morgan fingerprint density at radius 1 is 1.56 bits per heavy atom. The highest BCUT2D eigenvalue weighted by atomic mass is 79.9. The number of non-ortho nitro benzene ring substituents is 1. The van der Waals surface area contributed by atoms with Crippen LogP contribution >= 0.6 is 31.9 Å². The highest BCUT2D eigenvalue weighted by Crippen LogP contribution is 2.22. The predicted molar refractivity (Wildman–Crippen MR) is 68.4 cm³/mol. The van der Waals surface area contributed by atoms with E-state index in [4.69, 9.17) is 0 Å². The summed E-state index contributed by atoms with van der Waals surface area (Å²) in [5.41, 5.74) is 1.13. The number of rotatable bonds is 4. The molecular weight excluding hydrogens is 342 g/mol. The van der Waals surface area contributed by atoms with Crippen molar-refractivity contribution in [3.8, 4) is 0 Å². The number of hydrogen-bond acceptors (Lipinski definition) is 3. The number of carbonyl (C=O) groups is 1. The highest BCUT2D eigenvalue weighted by Gasteiger charge is 2.18. The fraction of sp³-hybridized carbons (Fsp3) is 0.300. The summed E-state index contributed by atoms with van der Waals surface area (Å²) in [6.45, 7) is 1.72. The first-order valence-corrected chi connectivity index (χ1v) is 6.52. The van der Waals surface area contributed by atoms with Crippen molar-refractivity contribution < 1.29 is 9.72 Å². The maximum Gasteiger partial charge on any atom is 0.269 e. The molecule has 1 atom stereocenters. The summed E-state index contributed by atoms with van der Waals surface area (Å²) in [5, 5.41) is 11.0. The lowest BCUT2D eigenvalue weighted by atomic mass is 10.0. The first-order chi connectivity index (χ1) is 7.47. The number of benzene rings is 1. The summed E-state index contributed by atoms with van der Waals surface area (Å²) in [4.78, 5) is 21.6. The molecule has 0 radical (unpaired) electrons. The Balaban J connectivity index is 3.22. The molecule has 0 aliphatic carbocycles. The van der Waals surface area contributed by atoms with Gasteiger partial charge in [0.2, 0.25) is 0 Å². The van der Waals surface area contributed by atoms with Crippen molar-refractivity contribution in [1.29, 1.82) is 0 Å². The fourth-order valence-electron chi connectivity index (χ4n) is 1.26. The summed E-state index contributed by atoms with van der Waals surface area (Å²) in [6, 6.07) is 4.25. The fourth-order valence-corrected chi connectivity index (χ4v) is 1.97. The van der Waals surface area contributed by atoms with E-state index in [-0.39, 0.29) is 16.3 Å². The lowest BCUT2D eigenvalue weighted by Crippen LogP contribution is -2.12. The van der Waals surface area contributed by atoms with Crippen molar-refractivity contribution in [2.75, 3.05) is 0 Å². The van der Waals surface area contributed by atoms with E-state index < -0.39 is 4.92 Å². The van der Waals surface area contributed by atoms with E-state index in [2.05, 4.69) is 31.9 Å². The molecule has 1 aromatic rings. The Labute approximate surface area is 109 Å². The van der Waals surface area contributed by atoms with Gasteiger partial charge in [0.05, 0.1) is 9.75 Å². The number of nitrogens with zero attached hydrogens (tertiary/aromatic N) is 1. The first-order valence-electron chi connectivity index (χ1n) is 4.49. The molecule has 0 aromatic heterocycles. The summed E-state index contributed by atoms with van der Waals surface area (Å²) in [7, 11) is 0. The van der Waals surface area contributed by atoms with E-state index in [9.17, 15) is 14.9 Å². The van der Waals surface area contributed by atoms with E-state index in [1.165, 1.54) is 18.2 Å². The van der Waals surface area contributed by atoms with Gasteiger partial charge >= 0.3 is 0 Å². The van der Waals surface area contributed by atoms with Gasteiger partial charge in [-0.05, 0) is 18.6 Å². The Bertz CT molecular complexity index is 432. The molecule has 0 aliphatic heterocycles. The van der Waals surface area contributed by atoms with Crippen LogP contribution in [0, 0.1) is 10.1 Å². The molecule has 16 heavy (non-hydrogen) atoms. The standard InChI is InChI=1S/C10H9Br2NO3/c1-6(12)10(14)9-3-2-8(13(15)16)4-7(9)5-11/h2-4,6H,5H2,1H3. The van der Waals surface area contributed by atoms with Crippen molar-refractivity contribution >= 4 is 43.3 Å². The van der Waals surface area contributed by atoms with E-state index in [1.807, 2.05) is 0 Å². The minimum atomic E-state index is -0.474. The van der Waals surface area contributed by atoms with Crippen LogP contribution in [0.15, 0.2) is 18.2 Å². The minimum Gasteiger partial charge on any atom is -0.293 e. The zero-order valence-corrected chi connectivity index (χ0v) is 11.6. The van der Waals surface area contributed by atoms with Crippen LogP contribution in [0.25, 0.3) is 0 Å². The smallest absolute Gasteiger partial charge is 0.269 e. The van der Waals surface area contributed by atoms with Gasteiger partial charge in [-0.15, -0.1) is 0 Å². The summed E-state index contributed by atoms with van der Waals surface area (Å²) in [6.07, 6.45) is 0. The van der Waals surface area contributed by atoms with Crippen LogP contribution in [-0.4, -0.2) is 15.5 Å². The SMILES string of the molecule is CC(Br)C(=O)c1ccc([N+](=O)[O-])cc1CBr. The third-order valence-electron chi connectivity index (χ3n) is 2.07. The molecule has 1 unspecified atom stereocenters. The van der Waals surface area contributed by atoms with Gasteiger partial charge in [0.1, 0.15) is 0 Å². The Hall–Kier alpha value is -0.750. The van der Waals surface area contributed by atoms with Crippen molar-refractivity contribution in [3.05, 3.63) is 39.4 Å². The number of nitro benzene ring substituents is 1. The van der Waals surface area contributed by atoms with E-state index >= 15 is 0 Å². The van der Waals surface area contributed by atoms with Crippen molar-refractivity contribution in [2.45, 2.75) is 17.1 Å². The maximum absolute atomic E-state index is 11.8. The highest BCUT2D eigenvalue weighted by molar-refractivity contribution is 9.10. The lowest BCUT2D eigenvalue weighted by Gasteiger charge is -2.07. The minimum absolute atomic E-state index is 0.00627. The molecule has 1 rings (SSSR count). The number of nitro groups is 1. The predicted octanol–water partition coefficient (Wildman–Crippen LogP) is 3.46. The molecule has 4 nitrogen and oxygen atoms in total. The second-order valence-electron chi connectivity index (χ2n) is 3.21. The first kappa shape index (κ1) is 13.3. The van der Waals surface area contributed by atoms with Crippen molar-refractivity contribution in [2.24, 2.45) is 0 Å². The summed E-state index contributed by atoms with van der Waals surface area (Å²) in [5.74, 6) is -0.0793. The lowest BCUT2D eigenvalue weighted by molar-refractivity contribution is -0.384. The van der Waals surface area contributed by atoms with Crippen LogP contribution in [-0.2, 0) is 5.33 Å². The molecular formula is C10H9Br2NO3. The number of alkyl halides is 2. The zero-order chi connectivity index (χ0) is 12.3. The molecule has 0 bridgehead atoms. The summed E-state index contributed by atoms with van der Waals surface area (Å²) >= 11 is 6.41. The van der Waals surface area contributed by atoms with Crippen molar-refractivity contribution in [3.63, 3.8) is 0 Å². The van der Waals surface area contributed by atoms with Crippen LogP contribution < -0.4 is 0 Å². The molecule has 0 spiro atoms. The Morgan fingerprint density at radius 3 is 2.62 bits per heavy atom. The zero-order valence-electron chi connectivity index (χ0n) is 8.44. The maximum atomic E-state index is 11.8. The molecule has 0 saturated heterocycles. The van der Waals surface area contributed by atoms with Gasteiger partial charge in [0, 0.05) is 23.0 Å². The second kappa shape index (κ2) is 5.54. The van der Waals surface area contributed by atoms with Crippen molar-refractivity contribution in [1.82, 2.24) is 0 Å².